The van der Waals surface area contributed by atoms with E-state index < -0.39 is 35.7 Å². The largest absolute Gasteiger partial charge is 0.467 e. The third-order valence-electron chi connectivity index (χ3n) is 4.34. The molecular formula is C21H30ClN3O6S. The normalized spacial score (nSPS) is 12.1. The molecule has 0 fully saturated rings. The molecule has 2 atom stereocenters. The quantitative estimate of drug-likeness (QED) is 0.246. The van der Waals surface area contributed by atoms with Crippen LogP contribution in [0.4, 0.5) is 5.69 Å². The SMILES string of the molecule is COC(=O)[C@H](CCSC)NC(=O)[C@@H](NC(=O)C(=O)c1ccccc1NC(C)=O)C(C)C.Cl. The average Bonchev–Trinajstić information content (AvgIpc) is 2.73. The molecule has 0 aliphatic heterocycles. The van der Waals surface area contributed by atoms with Gasteiger partial charge < -0.3 is 20.7 Å². The highest BCUT2D eigenvalue weighted by atomic mass is 35.5. The Balaban J connectivity index is 0.00000961. The number of Topliss-reactive ketones (excluding diaryl/α,β-unsaturated/α-hetero) is 1. The van der Waals surface area contributed by atoms with Gasteiger partial charge >= 0.3 is 5.97 Å². The second kappa shape index (κ2) is 14.5. The number of para-hydroxylation sites is 1. The lowest BCUT2D eigenvalue weighted by atomic mass is 10.0. The van der Waals surface area contributed by atoms with Crippen molar-refractivity contribution in [2.45, 2.75) is 39.3 Å². The van der Waals surface area contributed by atoms with Crippen molar-refractivity contribution in [3.05, 3.63) is 29.8 Å². The second-order valence-electron chi connectivity index (χ2n) is 7.12. The number of halogens is 1. The van der Waals surface area contributed by atoms with Crippen LogP contribution in [0, 0.1) is 5.92 Å². The van der Waals surface area contributed by atoms with Gasteiger partial charge in [-0.2, -0.15) is 11.8 Å². The summed E-state index contributed by atoms with van der Waals surface area (Å²) in [4.78, 5) is 61.4. The summed E-state index contributed by atoms with van der Waals surface area (Å²) in [5.41, 5.74) is 0.203. The van der Waals surface area contributed by atoms with Gasteiger partial charge in [0.1, 0.15) is 12.1 Å². The fourth-order valence-corrected chi connectivity index (χ4v) is 3.20. The third kappa shape index (κ3) is 8.88. The van der Waals surface area contributed by atoms with Crippen LogP contribution in [0.2, 0.25) is 0 Å². The number of hydrogen-bond donors (Lipinski definition) is 3. The molecule has 0 bridgehead atoms. The van der Waals surface area contributed by atoms with Gasteiger partial charge in [-0.25, -0.2) is 4.79 Å². The number of carbonyl (C=O) groups excluding carboxylic acids is 5. The molecule has 0 radical (unpaired) electrons. The summed E-state index contributed by atoms with van der Waals surface area (Å²) in [5, 5.41) is 7.54. The molecule has 178 valence electrons. The molecule has 11 heteroatoms. The monoisotopic (exact) mass is 487 g/mol. The standard InChI is InChI=1S/C21H29N3O6S.ClH/c1-12(2)17(19(27)23-16(10-11-31-5)21(29)30-4)24-20(28)18(26)14-8-6-7-9-15(14)22-13(3)25;/h6-9,12,16-17H,10-11H2,1-5H3,(H,22,25)(H,23,27)(H,24,28);1H/t16-,17-;/m0./s1. The number of nitrogens with one attached hydrogen (secondary N) is 3. The van der Waals surface area contributed by atoms with Gasteiger partial charge in [0, 0.05) is 6.92 Å². The summed E-state index contributed by atoms with van der Waals surface area (Å²) in [6, 6.07) is 4.18. The summed E-state index contributed by atoms with van der Waals surface area (Å²) in [6.45, 7) is 4.69. The first-order valence-electron chi connectivity index (χ1n) is 9.71. The van der Waals surface area contributed by atoms with Crippen LogP contribution in [0.15, 0.2) is 24.3 Å². The predicted molar refractivity (Wildman–Crippen MR) is 126 cm³/mol. The first kappa shape index (κ1) is 29.4. The van der Waals surface area contributed by atoms with E-state index in [4.69, 9.17) is 4.74 Å². The van der Waals surface area contributed by atoms with E-state index in [0.29, 0.717) is 12.2 Å². The minimum Gasteiger partial charge on any atom is -0.467 e. The van der Waals surface area contributed by atoms with Crippen molar-refractivity contribution in [3.63, 3.8) is 0 Å². The number of esters is 1. The number of ether oxygens (including phenoxy) is 1. The summed E-state index contributed by atoms with van der Waals surface area (Å²) >= 11 is 1.51. The summed E-state index contributed by atoms with van der Waals surface area (Å²) in [7, 11) is 1.23. The van der Waals surface area contributed by atoms with Gasteiger partial charge in [-0.05, 0) is 36.5 Å². The lowest BCUT2D eigenvalue weighted by molar-refractivity contribution is -0.145. The van der Waals surface area contributed by atoms with E-state index in [1.54, 1.807) is 26.0 Å². The van der Waals surface area contributed by atoms with E-state index in [9.17, 15) is 24.0 Å². The molecule has 0 aliphatic rings. The highest BCUT2D eigenvalue weighted by Gasteiger charge is 2.31. The van der Waals surface area contributed by atoms with Crippen LogP contribution in [0.3, 0.4) is 0 Å². The van der Waals surface area contributed by atoms with Crippen LogP contribution in [0.1, 0.15) is 37.6 Å². The first-order chi connectivity index (χ1) is 14.6. The van der Waals surface area contributed by atoms with Crippen molar-refractivity contribution >= 4 is 59.3 Å². The van der Waals surface area contributed by atoms with Crippen molar-refractivity contribution < 1.29 is 28.7 Å². The van der Waals surface area contributed by atoms with Crippen molar-refractivity contribution in [2.24, 2.45) is 5.92 Å². The Kier molecular flexibility index (Phi) is 13.3. The van der Waals surface area contributed by atoms with Crippen LogP contribution in [-0.4, -0.2) is 60.7 Å². The van der Waals surface area contributed by atoms with E-state index in [0.717, 1.165) is 0 Å². The van der Waals surface area contributed by atoms with E-state index in [1.807, 2.05) is 6.26 Å². The number of amides is 3. The summed E-state index contributed by atoms with van der Waals surface area (Å²) in [6.07, 6.45) is 2.24. The molecule has 9 nitrogen and oxygen atoms in total. The van der Waals surface area contributed by atoms with Gasteiger partial charge in [-0.15, -0.1) is 12.4 Å². The van der Waals surface area contributed by atoms with Crippen LogP contribution < -0.4 is 16.0 Å². The van der Waals surface area contributed by atoms with Crippen molar-refractivity contribution in [1.29, 1.82) is 0 Å². The maximum Gasteiger partial charge on any atom is 0.328 e. The molecule has 1 aromatic rings. The Labute approximate surface area is 198 Å². The number of carbonyl (C=O) groups is 5. The molecule has 1 aromatic carbocycles. The molecule has 0 unspecified atom stereocenters. The van der Waals surface area contributed by atoms with Gasteiger partial charge in [0.2, 0.25) is 11.8 Å². The van der Waals surface area contributed by atoms with E-state index in [1.165, 1.54) is 37.9 Å². The van der Waals surface area contributed by atoms with Gasteiger partial charge in [0.05, 0.1) is 18.4 Å². The smallest absolute Gasteiger partial charge is 0.328 e. The zero-order chi connectivity index (χ0) is 23.6. The zero-order valence-corrected chi connectivity index (χ0v) is 20.4. The molecule has 0 aromatic heterocycles. The molecular weight excluding hydrogens is 458 g/mol. The molecule has 1 rings (SSSR count). The van der Waals surface area contributed by atoms with Crippen LogP contribution in [-0.2, 0) is 23.9 Å². The number of methoxy groups -OCH3 is 1. The molecule has 32 heavy (non-hydrogen) atoms. The number of benzene rings is 1. The highest BCUT2D eigenvalue weighted by molar-refractivity contribution is 7.98. The topological polar surface area (TPSA) is 131 Å². The molecule has 0 spiro atoms. The Hall–Kier alpha value is -2.59. The zero-order valence-electron chi connectivity index (χ0n) is 18.7. The van der Waals surface area contributed by atoms with E-state index >= 15 is 0 Å². The number of ketones is 1. The van der Waals surface area contributed by atoms with Gasteiger partial charge in [-0.3, -0.25) is 19.2 Å². The minimum atomic E-state index is -1.05. The maximum absolute atomic E-state index is 12.8. The fourth-order valence-electron chi connectivity index (χ4n) is 2.73. The van der Waals surface area contributed by atoms with Gasteiger partial charge in [0.15, 0.2) is 0 Å². The van der Waals surface area contributed by atoms with Crippen molar-refractivity contribution in [3.8, 4) is 0 Å². The molecule has 0 saturated heterocycles. The molecule has 0 saturated carbocycles. The van der Waals surface area contributed by atoms with Crippen LogP contribution in [0.5, 0.6) is 0 Å². The van der Waals surface area contributed by atoms with Crippen molar-refractivity contribution in [1.82, 2.24) is 10.6 Å². The Morgan fingerprint density at radius 1 is 1.06 bits per heavy atom. The number of rotatable bonds is 11. The highest BCUT2D eigenvalue weighted by Crippen LogP contribution is 2.16. The molecule has 0 heterocycles. The average molecular weight is 488 g/mol. The first-order valence-corrected chi connectivity index (χ1v) is 11.1. The molecule has 3 amide bonds. The lowest BCUT2D eigenvalue weighted by Gasteiger charge is -2.24. The second-order valence-corrected chi connectivity index (χ2v) is 8.10. The number of anilines is 1. The number of thioether (sulfide) groups is 1. The Morgan fingerprint density at radius 2 is 1.69 bits per heavy atom. The lowest BCUT2D eigenvalue weighted by Crippen LogP contribution is -2.55. The Morgan fingerprint density at radius 3 is 2.22 bits per heavy atom. The van der Waals surface area contributed by atoms with E-state index in [2.05, 4.69) is 16.0 Å². The Bertz CT molecular complexity index is 834. The molecule has 0 aliphatic carbocycles. The number of hydrogen-bond acceptors (Lipinski definition) is 7. The third-order valence-corrected chi connectivity index (χ3v) is 4.98. The maximum atomic E-state index is 12.8. The predicted octanol–water partition coefficient (Wildman–Crippen LogP) is 1.80. The fraction of sp³-hybridized carbons (Fsp3) is 0.476. The van der Waals surface area contributed by atoms with Gasteiger partial charge in [-0.1, -0.05) is 26.0 Å². The van der Waals surface area contributed by atoms with E-state index in [-0.39, 0.29) is 35.5 Å². The molecule has 3 N–H and O–H groups in total. The van der Waals surface area contributed by atoms with Gasteiger partial charge in [0.25, 0.3) is 11.7 Å². The van der Waals surface area contributed by atoms with Crippen LogP contribution in [0.25, 0.3) is 0 Å². The van der Waals surface area contributed by atoms with Crippen molar-refractivity contribution in [2.75, 3.05) is 24.4 Å². The minimum absolute atomic E-state index is 0. The summed E-state index contributed by atoms with van der Waals surface area (Å²) in [5.74, 6) is -3.20. The summed E-state index contributed by atoms with van der Waals surface area (Å²) < 4.78 is 4.73. The van der Waals surface area contributed by atoms with Crippen LogP contribution >= 0.6 is 24.2 Å².